The van der Waals surface area contributed by atoms with Crippen molar-refractivity contribution in [2.75, 3.05) is 13.2 Å². The van der Waals surface area contributed by atoms with E-state index in [4.69, 9.17) is 9.26 Å². The quantitative estimate of drug-likeness (QED) is 0.142. The Morgan fingerprint density at radius 2 is 1.59 bits per heavy atom. The summed E-state index contributed by atoms with van der Waals surface area (Å²) in [4.78, 5) is 0. The highest BCUT2D eigenvalue weighted by atomic mass is 16.5. The number of piperidine rings is 1. The molecule has 0 aliphatic carbocycles. The van der Waals surface area contributed by atoms with Gasteiger partial charge in [0, 0.05) is 22.7 Å². The maximum Gasteiger partial charge on any atom is 0.177 e. The molecule has 1 atom stereocenters. The van der Waals surface area contributed by atoms with Gasteiger partial charge >= 0.3 is 0 Å². The molecule has 0 amide bonds. The molecule has 1 fully saturated rings. The van der Waals surface area contributed by atoms with Crippen molar-refractivity contribution < 1.29 is 24.7 Å². The Labute approximate surface area is 214 Å². The van der Waals surface area contributed by atoms with E-state index in [-0.39, 0.29) is 17.2 Å². The fourth-order valence-electron chi connectivity index (χ4n) is 4.59. The number of hydrogen-bond acceptors (Lipinski definition) is 8. The molecular weight excluding hydrogens is 470 g/mol. The van der Waals surface area contributed by atoms with Gasteiger partial charge < -0.3 is 30.0 Å². The molecule has 4 aromatic rings. The highest BCUT2D eigenvalue weighted by Crippen LogP contribution is 2.35. The lowest BCUT2D eigenvalue weighted by Gasteiger charge is -2.23. The Balaban J connectivity index is 1.44. The largest absolute Gasteiger partial charge is 0.508 e. The number of aromatic hydroxyl groups is 2. The van der Waals surface area contributed by atoms with Crippen molar-refractivity contribution >= 4 is 5.71 Å². The van der Waals surface area contributed by atoms with Crippen molar-refractivity contribution in [3.8, 4) is 39.8 Å². The second kappa shape index (κ2) is 11.2. The number of hydrogen-bond donors (Lipinski definition) is 4. The van der Waals surface area contributed by atoms with Crippen LogP contribution in [0.5, 0.6) is 17.2 Å². The number of phenolic OH excluding ortho intramolecular Hbond substituents is 2. The van der Waals surface area contributed by atoms with Crippen LogP contribution in [0.2, 0.25) is 0 Å². The van der Waals surface area contributed by atoms with Gasteiger partial charge in [0.25, 0.3) is 0 Å². The second-order valence-corrected chi connectivity index (χ2v) is 9.09. The third kappa shape index (κ3) is 5.59. The first-order chi connectivity index (χ1) is 18.1. The Bertz CT molecular complexity index is 1280. The fourth-order valence-corrected chi connectivity index (χ4v) is 4.59. The van der Waals surface area contributed by atoms with E-state index >= 15 is 0 Å². The maximum absolute atomic E-state index is 10.1. The normalized spacial score (nSPS) is 16.0. The number of nitrogens with zero attached hydrogens (tertiary/aromatic N) is 2. The van der Waals surface area contributed by atoms with Gasteiger partial charge in [-0.2, -0.15) is 0 Å². The first kappa shape index (κ1) is 24.4. The number of rotatable bonds is 8. The highest BCUT2D eigenvalue weighted by Gasteiger charge is 2.25. The molecule has 4 N–H and O–H groups in total. The van der Waals surface area contributed by atoms with E-state index in [1.807, 2.05) is 24.3 Å². The number of oxime groups is 1. The van der Waals surface area contributed by atoms with Gasteiger partial charge in [0.05, 0.1) is 12.2 Å². The van der Waals surface area contributed by atoms with E-state index in [0.29, 0.717) is 46.4 Å². The number of ether oxygens (including phenoxy) is 1. The van der Waals surface area contributed by atoms with Crippen molar-refractivity contribution in [2.24, 2.45) is 5.16 Å². The lowest BCUT2D eigenvalue weighted by molar-refractivity contribution is 0.268. The molecule has 2 heterocycles. The summed E-state index contributed by atoms with van der Waals surface area (Å²) in [5.74, 6) is 1.36. The second-order valence-electron chi connectivity index (χ2n) is 9.09. The van der Waals surface area contributed by atoms with Crippen LogP contribution < -0.4 is 10.1 Å². The molecule has 8 nitrogen and oxygen atoms in total. The van der Waals surface area contributed by atoms with Crippen molar-refractivity contribution in [1.82, 2.24) is 10.5 Å². The average molecular weight is 500 g/mol. The van der Waals surface area contributed by atoms with Crippen LogP contribution in [0.25, 0.3) is 22.6 Å². The molecule has 5 rings (SSSR count). The van der Waals surface area contributed by atoms with Crippen LogP contribution >= 0.6 is 0 Å². The lowest BCUT2D eigenvalue weighted by atomic mass is 9.94. The van der Waals surface area contributed by atoms with Crippen molar-refractivity contribution in [2.45, 2.75) is 31.7 Å². The zero-order valence-corrected chi connectivity index (χ0v) is 20.3. The minimum absolute atomic E-state index is 0.120. The topological polar surface area (TPSA) is 120 Å². The Kier molecular flexibility index (Phi) is 7.37. The van der Waals surface area contributed by atoms with Crippen LogP contribution in [0.1, 0.15) is 36.8 Å². The zero-order valence-electron chi connectivity index (χ0n) is 20.3. The summed E-state index contributed by atoms with van der Waals surface area (Å²) in [7, 11) is 0. The lowest BCUT2D eigenvalue weighted by Crippen LogP contribution is -2.35. The zero-order chi connectivity index (χ0) is 25.6. The van der Waals surface area contributed by atoms with E-state index in [1.165, 1.54) is 19.3 Å². The van der Waals surface area contributed by atoms with E-state index in [0.717, 1.165) is 18.7 Å². The third-order valence-corrected chi connectivity index (χ3v) is 6.57. The summed E-state index contributed by atoms with van der Waals surface area (Å²) in [5, 5.41) is 41.0. The number of aromatic nitrogens is 1. The molecule has 0 saturated carbocycles. The van der Waals surface area contributed by atoms with Gasteiger partial charge in [-0.3, -0.25) is 0 Å². The van der Waals surface area contributed by atoms with E-state index < -0.39 is 0 Å². The minimum atomic E-state index is 0.120. The van der Waals surface area contributed by atoms with Crippen molar-refractivity contribution in [3.63, 3.8) is 0 Å². The van der Waals surface area contributed by atoms with Crippen molar-refractivity contribution in [3.05, 3.63) is 83.9 Å². The van der Waals surface area contributed by atoms with Crippen LogP contribution in [0, 0.1) is 0 Å². The van der Waals surface area contributed by atoms with Crippen LogP contribution in [0.4, 0.5) is 0 Å². The summed E-state index contributed by atoms with van der Waals surface area (Å²) >= 11 is 0. The van der Waals surface area contributed by atoms with Crippen LogP contribution in [0.15, 0.2) is 82.5 Å². The van der Waals surface area contributed by atoms with E-state index in [1.54, 1.807) is 48.5 Å². The molecule has 1 aliphatic rings. The SMILES string of the molecule is ON=C(c1ccc(OCCC2CCCCN2)cc1)c1c(-c2ccc(O)cc2)noc1-c1ccc(O)cc1. The molecule has 0 spiro atoms. The summed E-state index contributed by atoms with van der Waals surface area (Å²) in [6, 6.07) is 20.9. The van der Waals surface area contributed by atoms with Gasteiger partial charge in [-0.15, -0.1) is 0 Å². The van der Waals surface area contributed by atoms with Crippen LogP contribution in [-0.4, -0.2) is 45.5 Å². The minimum Gasteiger partial charge on any atom is -0.508 e. The molecule has 1 saturated heterocycles. The average Bonchev–Trinajstić information content (AvgIpc) is 3.36. The van der Waals surface area contributed by atoms with Crippen LogP contribution in [0.3, 0.4) is 0 Å². The molecule has 190 valence electrons. The molecule has 37 heavy (non-hydrogen) atoms. The van der Waals surface area contributed by atoms with E-state index in [9.17, 15) is 15.4 Å². The summed E-state index contributed by atoms with van der Waals surface area (Å²) in [6.45, 7) is 1.70. The van der Waals surface area contributed by atoms with Gasteiger partial charge in [-0.25, -0.2) is 0 Å². The molecule has 1 unspecified atom stereocenters. The first-order valence-corrected chi connectivity index (χ1v) is 12.4. The highest BCUT2D eigenvalue weighted by molar-refractivity contribution is 6.18. The smallest absolute Gasteiger partial charge is 0.177 e. The first-order valence-electron chi connectivity index (χ1n) is 12.4. The van der Waals surface area contributed by atoms with E-state index in [2.05, 4.69) is 15.6 Å². The van der Waals surface area contributed by atoms with Crippen molar-refractivity contribution in [1.29, 1.82) is 0 Å². The molecule has 0 radical (unpaired) electrons. The number of benzene rings is 3. The molecule has 0 bridgehead atoms. The van der Waals surface area contributed by atoms with Gasteiger partial charge in [0.15, 0.2) is 5.76 Å². The molecule has 3 aromatic carbocycles. The van der Waals surface area contributed by atoms with Crippen LogP contribution in [-0.2, 0) is 0 Å². The van der Waals surface area contributed by atoms with Gasteiger partial charge in [-0.1, -0.05) is 16.7 Å². The molecule has 8 heteroatoms. The summed E-state index contributed by atoms with van der Waals surface area (Å²) in [5.41, 5.74) is 3.19. The van der Waals surface area contributed by atoms with Gasteiger partial charge in [-0.05, 0) is 98.6 Å². The molecular formula is C29H29N3O5. The van der Waals surface area contributed by atoms with Gasteiger partial charge in [0.1, 0.15) is 28.7 Å². The maximum atomic E-state index is 10.1. The Morgan fingerprint density at radius 3 is 2.22 bits per heavy atom. The number of nitrogens with one attached hydrogen (secondary N) is 1. The number of phenols is 2. The Morgan fingerprint density at radius 1 is 0.919 bits per heavy atom. The summed E-state index contributed by atoms with van der Waals surface area (Å²) in [6.07, 6.45) is 4.64. The predicted octanol–water partition coefficient (Wildman–Crippen LogP) is 5.56. The standard InChI is InChI=1S/C29H29N3O5/c33-23-10-4-20(5-11-23)28-26(29(37-32-28)21-6-12-24(34)13-7-21)27(31-35)19-8-14-25(15-9-19)36-18-16-22-3-1-2-17-30-22/h4-15,22,30,33-35H,1-3,16-18H2. The summed E-state index contributed by atoms with van der Waals surface area (Å²) < 4.78 is 11.7. The fraction of sp³-hybridized carbons (Fsp3) is 0.241. The molecule has 1 aliphatic heterocycles. The monoisotopic (exact) mass is 499 g/mol. The Hall–Kier alpha value is -4.30. The predicted molar refractivity (Wildman–Crippen MR) is 140 cm³/mol. The van der Waals surface area contributed by atoms with Gasteiger partial charge in [0.2, 0.25) is 0 Å². The third-order valence-electron chi connectivity index (χ3n) is 6.57. The molecule has 1 aromatic heterocycles.